The highest BCUT2D eigenvalue weighted by molar-refractivity contribution is 6.05. The van der Waals surface area contributed by atoms with Gasteiger partial charge in [0.25, 0.3) is 11.8 Å². The Balaban J connectivity index is 1.59. The van der Waals surface area contributed by atoms with Crippen molar-refractivity contribution in [2.24, 2.45) is 7.05 Å². The maximum absolute atomic E-state index is 13.1. The molecule has 3 aromatic heterocycles. The molecule has 0 fully saturated rings. The van der Waals surface area contributed by atoms with Crippen LogP contribution in [0.3, 0.4) is 0 Å². The van der Waals surface area contributed by atoms with Crippen LogP contribution in [0.2, 0.25) is 0 Å². The first-order chi connectivity index (χ1) is 17.7. The van der Waals surface area contributed by atoms with Crippen molar-refractivity contribution in [2.45, 2.75) is 20.8 Å². The second kappa shape index (κ2) is 10.1. The fourth-order valence-electron chi connectivity index (χ4n) is 4.12. The average Bonchev–Trinajstić information content (AvgIpc) is 2.87. The number of benzene rings is 1. The summed E-state index contributed by atoms with van der Waals surface area (Å²) < 4.78 is 18.5. The number of carbonyl (C=O) groups is 1. The summed E-state index contributed by atoms with van der Waals surface area (Å²) in [5.41, 5.74) is 3.78. The minimum Gasteiger partial charge on any atom is -0.491 e. The molecule has 9 nitrogen and oxygen atoms in total. The SMILES string of the molecule is C=C(C)c1c(C)n(C)c(C)c(C(=O)Nc2ccc(Oc3ccnc4cc(OC)c(OC)nc34)cc2)c1=O. The summed E-state index contributed by atoms with van der Waals surface area (Å²) in [5, 5.41) is 2.81. The van der Waals surface area contributed by atoms with Crippen LogP contribution in [0.5, 0.6) is 23.1 Å². The molecule has 0 bridgehead atoms. The van der Waals surface area contributed by atoms with Crippen molar-refractivity contribution < 1.29 is 19.0 Å². The molecule has 0 aliphatic carbocycles. The number of carbonyl (C=O) groups excluding carboxylic acids is 1. The van der Waals surface area contributed by atoms with Gasteiger partial charge in [0, 0.05) is 48.0 Å². The molecule has 4 aromatic rings. The number of hydrogen-bond acceptors (Lipinski definition) is 7. The van der Waals surface area contributed by atoms with E-state index in [2.05, 4.69) is 21.9 Å². The van der Waals surface area contributed by atoms with E-state index in [4.69, 9.17) is 14.2 Å². The Morgan fingerprint density at radius 2 is 1.68 bits per heavy atom. The van der Waals surface area contributed by atoms with Crippen LogP contribution >= 0.6 is 0 Å². The van der Waals surface area contributed by atoms with Gasteiger partial charge in [-0.25, -0.2) is 4.98 Å². The van der Waals surface area contributed by atoms with Gasteiger partial charge >= 0.3 is 0 Å². The number of amides is 1. The first kappa shape index (κ1) is 25.4. The lowest BCUT2D eigenvalue weighted by Gasteiger charge is -2.17. The molecule has 0 spiro atoms. The first-order valence-electron chi connectivity index (χ1n) is 11.5. The Labute approximate surface area is 214 Å². The third-order valence-electron chi connectivity index (χ3n) is 6.20. The predicted molar refractivity (Wildman–Crippen MR) is 143 cm³/mol. The van der Waals surface area contributed by atoms with Gasteiger partial charge in [-0.15, -0.1) is 0 Å². The molecule has 3 heterocycles. The molecule has 0 atom stereocenters. The number of ether oxygens (including phenoxy) is 3. The third-order valence-corrected chi connectivity index (χ3v) is 6.20. The topological polar surface area (TPSA) is 105 Å². The maximum Gasteiger partial charge on any atom is 0.261 e. The van der Waals surface area contributed by atoms with Crippen LogP contribution in [-0.2, 0) is 7.05 Å². The number of hydrogen-bond donors (Lipinski definition) is 1. The summed E-state index contributed by atoms with van der Waals surface area (Å²) in [6.45, 7) is 9.25. The molecule has 1 amide bonds. The smallest absolute Gasteiger partial charge is 0.261 e. The Morgan fingerprint density at radius 1 is 1.00 bits per heavy atom. The van der Waals surface area contributed by atoms with Gasteiger partial charge in [0.1, 0.15) is 16.8 Å². The van der Waals surface area contributed by atoms with Gasteiger partial charge in [0.2, 0.25) is 5.43 Å². The number of rotatable bonds is 7. The van der Waals surface area contributed by atoms with Gasteiger partial charge in [0.05, 0.1) is 19.7 Å². The van der Waals surface area contributed by atoms with Gasteiger partial charge < -0.3 is 24.1 Å². The number of pyridine rings is 3. The van der Waals surface area contributed by atoms with Crippen molar-refractivity contribution in [1.29, 1.82) is 0 Å². The van der Waals surface area contributed by atoms with Crippen LogP contribution in [0, 0.1) is 13.8 Å². The monoisotopic (exact) mass is 500 g/mol. The van der Waals surface area contributed by atoms with Crippen LogP contribution in [0.15, 0.2) is 54.0 Å². The highest BCUT2D eigenvalue weighted by Crippen LogP contribution is 2.34. The molecule has 0 saturated heterocycles. The molecule has 0 saturated carbocycles. The maximum atomic E-state index is 13.1. The molecule has 37 heavy (non-hydrogen) atoms. The Hall–Kier alpha value is -4.66. The highest BCUT2D eigenvalue weighted by Gasteiger charge is 2.21. The Morgan fingerprint density at radius 3 is 2.30 bits per heavy atom. The largest absolute Gasteiger partial charge is 0.491 e. The zero-order valence-electron chi connectivity index (χ0n) is 21.6. The van der Waals surface area contributed by atoms with E-state index in [1.54, 1.807) is 56.4 Å². The van der Waals surface area contributed by atoms with E-state index in [9.17, 15) is 9.59 Å². The molecule has 0 aliphatic rings. The van der Waals surface area contributed by atoms with Gasteiger partial charge in [-0.1, -0.05) is 6.58 Å². The Bertz CT molecular complexity index is 1590. The van der Waals surface area contributed by atoms with Crippen LogP contribution in [-0.4, -0.2) is 34.7 Å². The molecule has 0 unspecified atom stereocenters. The van der Waals surface area contributed by atoms with Gasteiger partial charge in [0.15, 0.2) is 11.5 Å². The third kappa shape index (κ3) is 4.75. The van der Waals surface area contributed by atoms with E-state index >= 15 is 0 Å². The summed E-state index contributed by atoms with van der Waals surface area (Å²) >= 11 is 0. The van der Waals surface area contributed by atoms with Crippen LogP contribution in [0.25, 0.3) is 16.6 Å². The summed E-state index contributed by atoms with van der Waals surface area (Å²) in [6.07, 6.45) is 1.61. The normalized spacial score (nSPS) is 10.8. The summed E-state index contributed by atoms with van der Waals surface area (Å²) in [7, 11) is 4.86. The molecule has 190 valence electrons. The van der Waals surface area contributed by atoms with Crippen LogP contribution in [0.1, 0.15) is 34.2 Å². The highest BCUT2D eigenvalue weighted by atomic mass is 16.5. The van der Waals surface area contributed by atoms with E-state index in [0.717, 1.165) is 5.69 Å². The van der Waals surface area contributed by atoms with E-state index in [1.807, 2.05) is 18.5 Å². The van der Waals surface area contributed by atoms with Crippen molar-refractivity contribution in [1.82, 2.24) is 14.5 Å². The molecular formula is C28H28N4O5. The van der Waals surface area contributed by atoms with Crippen molar-refractivity contribution in [3.63, 3.8) is 0 Å². The zero-order chi connectivity index (χ0) is 26.9. The summed E-state index contributed by atoms with van der Waals surface area (Å²) in [5.74, 6) is 1.30. The number of anilines is 1. The quantitative estimate of drug-likeness (QED) is 0.379. The number of nitrogens with one attached hydrogen (secondary N) is 1. The molecule has 1 N–H and O–H groups in total. The van der Waals surface area contributed by atoms with Crippen LogP contribution < -0.4 is 25.0 Å². The molecule has 9 heteroatoms. The minimum atomic E-state index is -0.486. The number of methoxy groups -OCH3 is 2. The molecule has 0 aliphatic heterocycles. The number of allylic oxidation sites excluding steroid dienone is 1. The molecule has 0 radical (unpaired) electrons. The lowest BCUT2D eigenvalue weighted by molar-refractivity contribution is 0.102. The van der Waals surface area contributed by atoms with Crippen molar-refractivity contribution in [3.05, 3.63) is 81.9 Å². The lowest BCUT2D eigenvalue weighted by Crippen LogP contribution is -2.29. The molecule has 4 rings (SSSR count). The van der Waals surface area contributed by atoms with Crippen molar-refractivity contribution in [2.75, 3.05) is 19.5 Å². The van der Waals surface area contributed by atoms with Gasteiger partial charge in [-0.2, -0.15) is 0 Å². The number of fused-ring (bicyclic) bond motifs is 1. The lowest BCUT2D eigenvalue weighted by atomic mass is 10.0. The van der Waals surface area contributed by atoms with Gasteiger partial charge in [-0.3, -0.25) is 14.6 Å². The first-order valence-corrected chi connectivity index (χ1v) is 11.5. The summed E-state index contributed by atoms with van der Waals surface area (Å²) in [4.78, 5) is 35.0. The molecular weight excluding hydrogens is 472 g/mol. The fraction of sp³-hybridized carbons (Fsp3) is 0.214. The number of aromatic nitrogens is 3. The minimum absolute atomic E-state index is 0.0881. The standard InChI is InChI=1S/C28H28N4O5/c1-15(2)23-16(3)32(5)17(4)24(26(23)33)27(34)30-18-8-10-19(11-9-18)37-21-12-13-29-20-14-22(35-6)28(36-7)31-25(20)21/h8-14H,1H2,2-7H3,(H,30,34). The van der Waals surface area contributed by atoms with E-state index in [1.165, 1.54) is 14.2 Å². The van der Waals surface area contributed by atoms with E-state index in [0.29, 0.717) is 56.7 Å². The number of nitrogens with zero attached hydrogens (tertiary/aromatic N) is 3. The second-order valence-electron chi connectivity index (χ2n) is 8.55. The average molecular weight is 501 g/mol. The Kier molecular flexibility index (Phi) is 6.97. The van der Waals surface area contributed by atoms with Crippen molar-refractivity contribution in [3.8, 4) is 23.1 Å². The van der Waals surface area contributed by atoms with Gasteiger partial charge in [-0.05, 0) is 50.6 Å². The van der Waals surface area contributed by atoms with E-state index < -0.39 is 5.91 Å². The fourth-order valence-corrected chi connectivity index (χ4v) is 4.12. The molecule has 1 aromatic carbocycles. The van der Waals surface area contributed by atoms with Crippen LogP contribution in [0.4, 0.5) is 5.69 Å². The van der Waals surface area contributed by atoms with E-state index in [-0.39, 0.29) is 11.0 Å². The zero-order valence-corrected chi connectivity index (χ0v) is 21.6. The predicted octanol–water partition coefficient (Wildman–Crippen LogP) is 5.04. The second-order valence-corrected chi connectivity index (χ2v) is 8.55. The summed E-state index contributed by atoms with van der Waals surface area (Å²) in [6, 6.07) is 10.2. The van der Waals surface area contributed by atoms with Crippen molar-refractivity contribution >= 4 is 28.2 Å².